The summed E-state index contributed by atoms with van der Waals surface area (Å²) in [4.78, 5) is 14.3. The molecule has 0 heterocycles. The van der Waals surface area contributed by atoms with Crippen LogP contribution in [0.15, 0.2) is 24.3 Å². The molecule has 1 rings (SSSR count). The summed E-state index contributed by atoms with van der Waals surface area (Å²) in [6, 6.07) is 7.11. The SMILES string of the molecule is CC(CN(C)C)NC(=O)c1cccc(C(N)=S)c1. The molecule has 0 saturated carbocycles. The van der Waals surface area contributed by atoms with E-state index in [1.165, 1.54) is 0 Å². The van der Waals surface area contributed by atoms with Gasteiger partial charge in [0.25, 0.3) is 5.91 Å². The van der Waals surface area contributed by atoms with Crippen LogP contribution in [0.25, 0.3) is 0 Å². The molecule has 0 bridgehead atoms. The quantitative estimate of drug-likeness (QED) is 0.780. The fraction of sp³-hybridized carbons (Fsp3) is 0.385. The van der Waals surface area contributed by atoms with E-state index in [4.69, 9.17) is 18.0 Å². The minimum Gasteiger partial charge on any atom is -0.389 e. The highest BCUT2D eigenvalue weighted by atomic mass is 32.1. The lowest BCUT2D eigenvalue weighted by molar-refractivity contribution is 0.0934. The molecule has 1 aromatic carbocycles. The van der Waals surface area contributed by atoms with Gasteiger partial charge in [0.05, 0.1) is 0 Å². The normalized spacial score (nSPS) is 12.2. The van der Waals surface area contributed by atoms with Crippen LogP contribution < -0.4 is 11.1 Å². The summed E-state index contributed by atoms with van der Waals surface area (Å²) in [6.07, 6.45) is 0. The molecule has 1 atom stereocenters. The van der Waals surface area contributed by atoms with Crippen LogP contribution in [0.1, 0.15) is 22.8 Å². The van der Waals surface area contributed by atoms with Crippen molar-refractivity contribution in [2.75, 3.05) is 20.6 Å². The molecule has 5 heteroatoms. The van der Waals surface area contributed by atoms with Crippen molar-refractivity contribution in [3.8, 4) is 0 Å². The number of nitrogens with zero attached hydrogens (tertiary/aromatic N) is 1. The van der Waals surface area contributed by atoms with Crippen LogP contribution in [0.4, 0.5) is 0 Å². The molecule has 98 valence electrons. The largest absolute Gasteiger partial charge is 0.389 e. The van der Waals surface area contributed by atoms with E-state index in [0.717, 1.165) is 6.54 Å². The number of rotatable bonds is 5. The van der Waals surface area contributed by atoms with Gasteiger partial charge in [-0.3, -0.25) is 4.79 Å². The van der Waals surface area contributed by atoms with E-state index in [1.54, 1.807) is 24.3 Å². The first-order chi connectivity index (χ1) is 8.40. The molecule has 0 aliphatic rings. The minimum atomic E-state index is -0.109. The molecule has 0 aliphatic heterocycles. The zero-order chi connectivity index (χ0) is 13.7. The number of nitrogens with one attached hydrogen (secondary N) is 1. The highest BCUT2D eigenvalue weighted by molar-refractivity contribution is 7.80. The molecule has 3 N–H and O–H groups in total. The smallest absolute Gasteiger partial charge is 0.251 e. The van der Waals surface area contributed by atoms with E-state index in [2.05, 4.69) is 5.32 Å². The zero-order valence-electron chi connectivity index (χ0n) is 10.9. The number of benzene rings is 1. The Kier molecular flexibility index (Phi) is 5.25. The van der Waals surface area contributed by atoms with Crippen molar-refractivity contribution in [3.05, 3.63) is 35.4 Å². The van der Waals surface area contributed by atoms with Crippen molar-refractivity contribution in [1.29, 1.82) is 0 Å². The van der Waals surface area contributed by atoms with Gasteiger partial charge in [-0.25, -0.2) is 0 Å². The second-order valence-corrected chi connectivity index (χ2v) is 5.02. The molecule has 1 amide bonds. The highest BCUT2D eigenvalue weighted by Gasteiger charge is 2.11. The lowest BCUT2D eigenvalue weighted by Gasteiger charge is -2.18. The second-order valence-electron chi connectivity index (χ2n) is 4.58. The molecule has 0 fully saturated rings. The molecule has 1 aromatic rings. The van der Waals surface area contributed by atoms with Crippen molar-refractivity contribution in [2.24, 2.45) is 5.73 Å². The van der Waals surface area contributed by atoms with Crippen molar-refractivity contribution in [3.63, 3.8) is 0 Å². The first kappa shape index (κ1) is 14.6. The van der Waals surface area contributed by atoms with E-state index in [0.29, 0.717) is 16.1 Å². The number of carbonyl (C=O) groups is 1. The van der Waals surface area contributed by atoms with Gasteiger partial charge in [-0.15, -0.1) is 0 Å². The topological polar surface area (TPSA) is 58.4 Å². The van der Waals surface area contributed by atoms with E-state index in [1.807, 2.05) is 25.9 Å². The van der Waals surface area contributed by atoms with Crippen LogP contribution in [-0.4, -0.2) is 42.5 Å². The fourth-order valence-electron chi connectivity index (χ4n) is 1.71. The Balaban J connectivity index is 2.72. The maximum Gasteiger partial charge on any atom is 0.251 e. The number of amides is 1. The summed E-state index contributed by atoms with van der Waals surface area (Å²) in [5.41, 5.74) is 6.82. The third-order valence-corrected chi connectivity index (χ3v) is 2.66. The number of hydrogen-bond acceptors (Lipinski definition) is 3. The van der Waals surface area contributed by atoms with E-state index in [9.17, 15) is 4.79 Å². The Morgan fingerprint density at radius 2 is 2.06 bits per heavy atom. The molecule has 0 aliphatic carbocycles. The average Bonchev–Trinajstić information content (AvgIpc) is 2.27. The third kappa shape index (κ3) is 4.43. The zero-order valence-corrected chi connectivity index (χ0v) is 11.8. The number of nitrogens with two attached hydrogens (primary N) is 1. The van der Waals surface area contributed by atoms with Crippen LogP contribution in [0.5, 0.6) is 0 Å². The Hall–Kier alpha value is -1.46. The number of likely N-dealkylation sites (N-methyl/N-ethyl adjacent to an activating group) is 1. The van der Waals surface area contributed by atoms with Crippen molar-refractivity contribution < 1.29 is 4.79 Å². The Morgan fingerprint density at radius 3 is 2.61 bits per heavy atom. The van der Waals surface area contributed by atoms with Gasteiger partial charge in [0.2, 0.25) is 0 Å². The summed E-state index contributed by atoms with van der Waals surface area (Å²) in [6.45, 7) is 2.76. The minimum absolute atomic E-state index is 0.0842. The summed E-state index contributed by atoms with van der Waals surface area (Å²) in [5.74, 6) is -0.109. The van der Waals surface area contributed by atoms with Gasteiger partial charge in [0.15, 0.2) is 0 Å². The van der Waals surface area contributed by atoms with Gasteiger partial charge in [-0.2, -0.15) is 0 Å². The molecule has 18 heavy (non-hydrogen) atoms. The number of hydrogen-bond donors (Lipinski definition) is 2. The number of thiocarbonyl (C=S) groups is 1. The van der Waals surface area contributed by atoms with Crippen molar-refractivity contribution >= 4 is 23.1 Å². The van der Waals surface area contributed by atoms with Gasteiger partial charge in [-0.1, -0.05) is 24.4 Å². The Bertz CT molecular complexity index is 446. The maximum atomic E-state index is 12.0. The molecular formula is C13H19N3OS. The van der Waals surface area contributed by atoms with E-state index < -0.39 is 0 Å². The first-order valence-corrected chi connectivity index (χ1v) is 6.16. The van der Waals surface area contributed by atoms with E-state index >= 15 is 0 Å². The average molecular weight is 265 g/mol. The van der Waals surface area contributed by atoms with Crippen molar-refractivity contribution in [2.45, 2.75) is 13.0 Å². The van der Waals surface area contributed by atoms with Crippen LogP contribution in [0.2, 0.25) is 0 Å². The molecular weight excluding hydrogens is 246 g/mol. The third-order valence-electron chi connectivity index (χ3n) is 2.43. The lowest BCUT2D eigenvalue weighted by Crippen LogP contribution is -2.39. The lowest BCUT2D eigenvalue weighted by atomic mass is 10.1. The summed E-state index contributed by atoms with van der Waals surface area (Å²) in [5, 5.41) is 2.93. The van der Waals surface area contributed by atoms with E-state index in [-0.39, 0.29) is 11.9 Å². The number of carbonyl (C=O) groups excluding carboxylic acids is 1. The van der Waals surface area contributed by atoms with Gasteiger partial charge in [0.1, 0.15) is 4.99 Å². The van der Waals surface area contributed by atoms with Crippen LogP contribution >= 0.6 is 12.2 Å². The first-order valence-electron chi connectivity index (χ1n) is 5.75. The Morgan fingerprint density at radius 1 is 1.44 bits per heavy atom. The standard InChI is InChI=1S/C13H19N3OS/c1-9(8-16(2)3)15-13(17)11-6-4-5-10(7-11)12(14)18/h4-7,9H,8H2,1-3H3,(H2,14,18)(H,15,17). The maximum absolute atomic E-state index is 12.0. The van der Waals surface area contributed by atoms with Gasteiger partial charge < -0.3 is 16.0 Å². The summed E-state index contributed by atoms with van der Waals surface area (Å²) < 4.78 is 0. The predicted octanol–water partition coefficient (Wildman–Crippen LogP) is 1.00. The van der Waals surface area contributed by atoms with Gasteiger partial charge in [-0.05, 0) is 33.2 Å². The predicted molar refractivity (Wildman–Crippen MR) is 77.8 cm³/mol. The molecule has 0 aromatic heterocycles. The highest BCUT2D eigenvalue weighted by Crippen LogP contribution is 2.05. The molecule has 0 radical (unpaired) electrons. The van der Waals surface area contributed by atoms with Crippen LogP contribution in [-0.2, 0) is 0 Å². The summed E-state index contributed by atoms with van der Waals surface area (Å²) in [7, 11) is 3.94. The summed E-state index contributed by atoms with van der Waals surface area (Å²) >= 11 is 4.89. The molecule has 0 spiro atoms. The monoisotopic (exact) mass is 265 g/mol. The Labute approximate surface area is 113 Å². The van der Waals surface area contributed by atoms with Crippen molar-refractivity contribution in [1.82, 2.24) is 10.2 Å². The fourth-order valence-corrected chi connectivity index (χ4v) is 1.84. The molecule has 1 unspecified atom stereocenters. The van der Waals surface area contributed by atoms with Crippen LogP contribution in [0, 0.1) is 0 Å². The second kappa shape index (κ2) is 6.47. The van der Waals surface area contributed by atoms with Crippen LogP contribution in [0.3, 0.4) is 0 Å². The van der Waals surface area contributed by atoms with Gasteiger partial charge in [0, 0.05) is 23.7 Å². The molecule has 4 nitrogen and oxygen atoms in total. The van der Waals surface area contributed by atoms with Gasteiger partial charge >= 0.3 is 0 Å². The molecule has 0 saturated heterocycles.